The average Bonchev–Trinajstić information content (AvgIpc) is 2.85. The molecule has 0 radical (unpaired) electrons. The van der Waals surface area contributed by atoms with Crippen LogP contribution in [0.25, 0.3) is 10.7 Å². The molecule has 0 spiro atoms. The predicted molar refractivity (Wildman–Crippen MR) is 68.9 cm³/mol. The molecule has 0 aliphatic rings. The zero-order valence-electron chi connectivity index (χ0n) is 8.46. The first-order valence-electron chi connectivity index (χ1n) is 4.46. The van der Waals surface area contributed by atoms with Crippen molar-refractivity contribution in [2.45, 2.75) is 13.0 Å². The molecule has 0 amide bonds. The average molecular weight is 382 g/mol. The van der Waals surface area contributed by atoms with E-state index in [9.17, 15) is 4.79 Å². The Hall–Kier alpha value is -0.800. The normalized spacial score (nSPS) is 12.6. The van der Waals surface area contributed by atoms with Crippen molar-refractivity contribution in [1.82, 2.24) is 20.2 Å². The molecule has 1 N–H and O–H groups in total. The number of aliphatic carboxylic acids is 1. The van der Waals surface area contributed by atoms with Gasteiger partial charge in [-0.25, -0.2) is 9.48 Å². The molecule has 6 nitrogen and oxygen atoms in total. The van der Waals surface area contributed by atoms with Gasteiger partial charge in [0.05, 0.1) is 8.66 Å². The Morgan fingerprint density at radius 1 is 1.59 bits per heavy atom. The molecule has 2 rings (SSSR count). The summed E-state index contributed by atoms with van der Waals surface area (Å²) < 4.78 is 3.08. The first-order valence-corrected chi connectivity index (χ1v) is 6.87. The molecule has 2 aromatic rings. The van der Waals surface area contributed by atoms with Crippen molar-refractivity contribution in [3.8, 4) is 10.7 Å². The number of carbonyl (C=O) groups is 1. The number of hydrogen-bond donors (Lipinski definition) is 1. The van der Waals surface area contributed by atoms with E-state index < -0.39 is 12.0 Å². The zero-order chi connectivity index (χ0) is 12.6. The lowest BCUT2D eigenvalue weighted by atomic mass is 10.3. The lowest BCUT2D eigenvalue weighted by molar-refractivity contribution is -0.140. The predicted octanol–water partition coefficient (Wildman–Crippen LogP) is 2.57. The minimum absolute atomic E-state index is 0.441. The zero-order valence-corrected chi connectivity index (χ0v) is 12.5. The van der Waals surface area contributed by atoms with Crippen molar-refractivity contribution in [2.75, 3.05) is 0 Å². The topological polar surface area (TPSA) is 80.9 Å². The Balaban J connectivity index is 2.46. The fourth-order valence-electron chi connectivity index (χ4n) is 1.18. The third-order valence-electron chi connectivity index (χ3n) is 2.08. The second-order valence-corrected chi connectivity index (χ2v) is 6.42. The Morgan fingerprint density at radius 3 is 2.82 bits per heavy atom. The molecule has 2 heterocycles. The maximum Gasteiger partial charge on any atom is 0.328 e. The van der Waals surface area contributed by atoms with Crippen molar-refractivity contribution < 1.29 is 9.90 Å². The van der Waals surface area contributed by atoms with Gasteiger partial charge in [-0.2, -0.15) is 0 Å². The van der Waals surface area contributed by atoms with E-state index in [1.807, 2.05) is 6.07 Å². The van der Waals surface area contributed by atoms with Crippen LogP contribution in [0.2, 0.25) is 0 Å². The second-order valence-electron chi connectivity index (χ2n) is 3.19. The van der Waals surface area contributed by atoms with E-state index in [0.717, 1.165) is 13.1 Å². The fourth-order valence-corrected chi connectivity index (χ4v) is 3.19. The Bertz CT molecular complexity index is 548. The molecule has 2 aromatic heterocycles. The molecule has 1 atom stereocenters. The van der Waals surface area contributed by atoms with E-state index in [2.05, 4.69) is 47.4 Å². The van der Waals surface area contributed by atoms with Crippen LogP contribution < -0.4 is 0 Å². The van der Waals surface area contributed by atoms with Crippen molar-refractivity contribution in [3.63, 3.8) is 0 Å². The van der Waals surface area contributed by atoms with Crippen LogP contribution >= 0.6 is 43.2 Å². The van der Waals surface area contributed by atoms with Gasteiger partial charge in [0.1, 0.15) is 0 Å². The summed E-state index contributed by atoms with van der Waals surface area (Å²) in [5, 5.41) is 20.0. The molecule has 0 saturated heterocycles. The molecule has 0 aliphatic heterocycles. The molecule has 9 heteroatoms. The van der Waals surface area contributed by atoms with Gasteiger partial charge in [-0.05, 0) is 55.3 Å². The van der Waals surface area contributed by atoms with Gasteiger partial charge in [0.15, 0.2) is 11.9 Å². The van der Waals surface area contributed by atoms with E-state index in [4.69, 9.17) is 5.11 Å². The van der Waals surface area contributed by atoms with Gasteiger partial charge in [-0.15, -0.1) is 16.4 Å². The molecular formula is C8H6Br2N4O2S. The maximum atomic E-state index is 10.9. The Labute approximate surface area is 117 Å². The standard InChI is InChI=1S/C8H6Br2N4O2S/c1-3(8(15)16)14-7(11-12-13-14)5-2-4(9)6(10)17-5/h2-3H,1H3,(H,15,16). The molecule has 17 heavy (non-hydrogen) atoms. The van der Waals surface area contributed by atoms with E-state index in [1.54, 1.807) is 0 Å². The smallest absolute Gasteiger partial charge is 0.328 e. The van der Waals surface area contributed by atoms with Gasteiger partial charge < -0.3 is 5.11 Å². The summed E-state index contributed by atoms with van der Waals surface area (Å²) in [6.45, 7) is 1.53. The quantitative estimate of drug-likeness (QED) is 0.883. The number of tetrazole rings is 1. The first-order chi connectivity index (χ1) is 8.00. The monoisotopic (exact) mass is 380 g/mol. The highest BCUT2D eigenvalue weighted by atomic mass is 79.9. The molecular weight excluding hydrogens is 376 g/mol. The van der Waals surface area contributed by atoms with Crippen molar-refractivity contribution in [3.05, 3.63) is 14.3 Å². The van der Waals surface area contributed by atoms with Crippen LogP contribution in [0.4, 0.5) is 0 Å². The molecule has 0 fully saturated rings. The van der Waals surface area contributed by atoms with Gasteiger partial charge in [0.2, 0.25) is 0 Å². The number of aromatic nitrogens is 4. The summed E-state index contributed by atoms with van der Waals surface area (Å²) in [4.78, 5) is 11.7. The number of rotatable bonds is 3. The number of hydrogen-bond acceptors (Lipinski definition) is 5. The van der Waals surface area contributed by atoms with E-state index in [0.29, 0.717) is 5.82 Å². The minimum Gasteiger partial charge on any atom is -0.480 e. The number of carboxylic acids is 1. The largest absolute Gasteiger partial charge is 0.480 e. The molecule has 0 saturated carbocycles. The van der Waals surface area contributed by atoms with E-state index >= 15 is 0 Å². The Morgan fingerprint density at radius 2 is 2.29 bits per heavy atom. The summed E-state index contributed by atoms with van der Waals surface area (Å²) in [5.41, 5.74) is 0. The number of carboxylic acid groups (broad SMARTS) is 1. The first kappa shape index (κ1) is 12.7. The minimum atomic E-state index is -0.978. The lowest BCUT2D eigenvalue weighted by Crippen LogP contribution is -2.17. The summed E-state index contributed by atoms with van der Waals surface area (Å²) >= 11 is 8.16. The van der Waals surface area contributed by atoms with Crippen LogP contribution in [0.5, 0.6) is 0 Å². The van der Waals surface area contributed by atoms with Crippen LogP contribution in [-0.4, -0.2) is 31.3 Å². The number of halogens is 2. The molecule has 0 aliphatic carbocycles. The number of nitrogens with zero attached hydrogens (tertiary/aromatic N) is 4. The van der Waals surface area contributed by atoms with Crippen molar-refractivity contribution >= 4 is 49.2 Å². The fraction of sp³-hybridized carbons (Fsp3) is 0.250. The van der Waals surface area contributed by atoms with Crippen LogP contribution in [0.15, 0.2) is 14.3 Å². The van der Waals surface area contributed by atoms with Crippen LogP contribution in [0.3, 0.4) is 0 Å². The van der Waals surface area contributed by atoms with Gasteiger partial charge >= 0.3 is 5.97 Å². The molecule has 0 bridgehead atoms. The SMILES string of the molecule is CC(C(=O)O)n1nnnc1-c1cc(Br)c(Br)s1. The third kappa shape index (κ3) is 2.40. The van der Waals surface area contributed by atoms with Gasteiger partial charge in [-0.1, -0.05) is 0 Å². The highest BCUT2D eigenvalue weighted by Crippen LogP contribution is 2.37. The summed E-state index contributed by atoms with van der Waals surface area (Å²) in [7, 11) is 0. The molecule has 0 aromatic carbocycles. The third-order valence-corrected chi connectivity index (χ3v) is 5.33. The lowest BCUT2D eigenvalue weighted by Gasteiger charge is -2.06. The summed E-state index contributed by atoms with van der Waals surface area (Å²) in [6, 6.07) is 1.03. The maximum absolute atomic E-state index is 10.9. The number of thiophene rings is 1. The van der Waals surface area contributed by atoms with Crippen molar-refractivity contribution in [2.24, 2.45) is 0 Å². The molecule has 90 valence electrons. The van der Waals surface area contributed by atoms with E-state index in [-0.39, 0.29) is 0 Å². The van der Waals surface area contributed by atoms with Crippen LogP contribution in [-0.2, 0) is 4.79 Å². The summed E-state index contributed by atoms with van der Waals surface area (Å²) in [6.07, 6.45) is 0. The van der Waals surface area contributed by atoms with Crippen LogP contribution in [0, 0.1) is 0 Å². The van der Waals surface area contributed by atoms with Gasteiger partial charge in [0.25, 0.3) is 0 Å². The van der Waals surface area contributed by atoms with Gasteiger partial charge in [0, 0.05) is 4.47 Å². The van der Waals surface area contributed by atoms with Crippen LogP contribution in [0.1, 0.15) is 13.0 Å². The Kier molecular flexibility index (Phi) is 3.59. The second kappa shape index (κ2) is 4.83. The highest BCUT2D eigenvalue weighted by Gasteiger charge is 2.21. The van der Waals surface area contributed by atoms with E-state index in [1.165, 1.54) is 22.9 Å². The molecule has 1 unspecified atom stereocenters. The summed E-state index contributed by atoms with van der Waals surface area (Å²) in [5.74, 6) is -0.537. The highest BCUT2D eigenvalue weighted by molar-refractivity contribution is 9.13. The van der Waals surface area contributed by atoms with Crippen molar-refractivity contribution in [1.29, 1.82) is 0 Å². The van der Waals surface area contributed by atoms with Gasteiger partial charge in [-0.3, -0.25) is 0 Å².